The number of nitriles is 2. The average molecular weight is 222 g/mol. The van der Waals surface area contributed by atoms with Crippen molar-refractivity contribution in [2.75, 3.05) is 11.5 Å². The normalized spacial score (nSPS) is 8.14. The number of hydrogen-bond donors (Lipinski definition) is 0. The Labute approximate surface area is 93.0 Å². The van der Waals surface area contributed by atoms with E-state index in [1.165, 1.54) is 23.5 Å². The molecular formula is C10H10N2S2. The Kier molecular flexibility index (Phi) is 7.83. The first-order valence-electron chi connectivity index (χ1n) is 3.82. The summed E-state index contributed by atoms with van der Waals surface area (Å²) in [4.78, 5) is 0. The minimum absolute atomic E-state index is 0.170. The van der Waals surface area contributed by atoms with Crippen LogP contribution in [0.2, 0.25) is 0 Å². The monoisotopic (exact) mass is 222 g/mol. The highest BCUT2D eigenvalue weighted by Gasteiger charge is 2.05. The maximum Gasteiger partial charge on any atom is 0.149 e. The van der Waals surface area contributed by atoms with E-state index in [-0.39, 0.29) is 5.57 Å². The van der Waals surface area contributed by atoms with Gasteiger partial charge in [-0.15, -0.1) is 36.7 Å². The molecule has 0 fully saturated rings. The zero-order valence-corrected chi connectivity index (χ0v) is 9.33. The van der Waals surface area contributed by atoms with Crippen LogP contribution in [-0.2, 0) is 0 Å². The van der Waals surface area contributed by atoms with Crippen LogP contribution < -0.4 is 0 Å². The molecule has 0 N–H and O–H groups in total. The lowest BCUT2D eigenvalue weighted by Crippen LogP contribution is -1.82. The van der Waals surface area contributed by atoms with Crippen molar-refractivity contribution >= 4 is 23.5 Å². The Hall–Kier alpha value is -1.10. The molecule has 0 atom stereocenters. The summed E-state index contributed by atoms with van der Waals surface area (Å²) in [5, 5.41) is 17.4. The van der Waals surface area contributed by atoms with Gasteiger partial charge in [-0.1, -0.05) is 12.2 Å². The Balaban J connectivity index is 4.61. The number of hydrogen-bond acceptors (Lipinski definition) is 4. The fourth-order valence-electron chi connectivity index (χ4n) is 0.572. The second-order valence-electron chi connectivity index (χ2n) is 2.09. The van der Waals surface area contributed by atoms with Crippen LogP contribution in [0, 0.1) is 22.7 Å². The van der Waals surface area contributed by atoms with Crippen LogP contribution in [0.15, 0.2) is 35.1 Å². The van der Waals surface area contributed by atoms with E-state index < -0.39 is 0 Å². The van der Waals surface area contributed by atoms with Crippen LogP contribution in [0.3, 0.4) is 0 Å². The average Bonchev–Trinajstić information content (AvgIpc) is 2.22. The molecule has 4 heteroatoms. The van der Waals surface area contributed by atoms with E-state index in [0.717, 1.165) is 4.24 Å². The molecule has 0 unspecified atom stereocenters. The van der Waals surface area contributed by atoms with Gasteiger partial charge in [0.25, 0.3) is 0 Å². The fourth-order valence-corrected chi connectivity index (χ4v) is 2.32. The molecule has 0 spiro atoms. The van der Waals surface area contributed by atoms with Gasteiger partial charge in [-0.3, -0.25) is 0 Å². The second-order valence-corrected chi connectivity index (χ2v) is 4.40. The SMILES string of the molecule is C=CCSC(SCC=C)=C(C#N)C#N. The summed E-state index contributed by atoms with van der Waals surface area (Å²) in [6.45, 7) is 7.17. The third kappa shape index (κ3) is 4.81. The maximum absolute atomic E-state index is 8.69. The van der Waals surface area contributed by atoms with Gasteiger partial charge in [0.15, 0.2) is 0 Å². The molecule has 0 aliphatic rings. The molecule has 0 saturated carbocycles. The smallest absolute Gasteiger partial charge is 0.149 e. The summed E-state index contributed by atoms with van der Waals surface area (Å²) in [6, 6.07) is 3.76. The predicted octanol–water partition coefficient (Wildman–Crippen LogP) is 3.08. The quantitative estimate of drug-likeness (QED) is 0.512. The Morgan fingerprint density at radius 2 is 1.50 bits per heavy atom. The molecule has 0 heterocycles. The molecule has 0 amide bonds. The van der Waals surface area contributed by atoms with Gasteiger partial charge in [0.1, 0.15) is 17.7 Å². The molecule has 0 radical (unpaired) electrons. The van der Waals surface area contributed by atoms with Gasteiger partial charge in [0, 0.05) is 11.5 Å². The first-order chi connectivity index (χ1) is 6.79. The zero-order valence-electron chi connectivity index (χ0n) is 7.69. The van der Waals surface area contributed by atoms with Crippen molar-refractivity contribution in [2.24, 2.45) is 0 Å². The minimum Gasteiger partial charge on any atom is -0.192 e. The highest BCUT2D eigenvalue weighted by molar-refractivity contribution is 8.22. The van der Waals surface area contributed by atoms with Gasteiger partial charge < -0.3 is 0 Å². The first kappa shape index (κ1) is 12.9. The molecule has 0 aromatic carbocycles. The van der Waals surface area contributed by atoms with Crippen LogP contribution in [0.5, 0.6) is 0 Å². The minimum atomic E-state index is 0.170. The topological polar surface area (TPSA) is 47.6 Å². The van der Waals surface area contributed by atoms with Gasteiger partial charge in [-0.2, -0.15) is 10.5 Å². The predicted molar refractivity (Wildman–Crippen MR) is 63.6 cm³/mol. The van der Waals surface area contributed by atoms with Crippen LogP contribution in [-0.4, -0.2) is 11.5 Å². The second kappa shape index (κ2) is 8.50. The summed E-state index contributed by atoms with van der Waals surface area (Å²) in [6.07, 6.45) is 3.48. The van der Waals surface area contributed by atoms with Crippen LogP contribution in [0.4, 0.5) is 0 Å². The molecule has 0 saturated heterocycles. The number of nitrogens with zero attached hydrogens (tertiary/aromatic N) is 2. The molecule has 72 valence electrons. The third-order valence-electron chi connectivity index (χ3n) is 1.09. The van der Waals surface area contributed by atoms with Crippen LogP contribution >= 0.6 is 23.5 Å². The van der Waals surface area contributed by atoms with E-state index >= 15 is 0 Å². The summed E-state index contributed by atoms with van der Waals surface area (Å²) in [5.41, 5.74) is 0.170. The third-order valence-corrected chi connectivity index (χ3v) is 3.54. The van der Waals surface area contributed by atoms with E-state index in [0.29, 0.717) is 11.5 Å². The molecule has 0 bridgehead atoms. The largest absolute Gasteiger partial charge is 0.192 e. The summed E-state index contributed by atoms with van der Waals surface area (Å²) in [7, 11) is 0. The van der Waals surface area contributed by atoms with Gasteiger partial charge in [0.05, 0.1) is 4.24 Å². The first-order valence-corrected chi connectivity index (χ1v) is 5.79. The summed E-state index contributed by atoms with van der Waals surface area (Å²) >= 11 is 2.90. The van der Waals surface area contributed by atoms with E-state index in [1.807, 2.05) is 12.1 Å². The number of allylic oxidation sites excluding steroid dienone is 1. The highest BCUT2D eigenvalue weighted by Crippen LogP contribution is 2.31. The Morgan fingerprint density at radius 3 is 1.79 bits per heavy atom. The van der Waals surface area contributed by atoms with Crippen LogP contribution in [0.1, 0.15) is 0 Å². The Morgan fingerprint density at radius 1 is 1.07 bits per heavy atom. The number of thioether (sulfide) groups is 2. The molecule has 0 aromatic heterocycles. The van der Waals surface area contributed by atoms with E-state index in [1.54, 1.807) is 12.2 Å². The van der Waals surface area contributed by atoms with E-state index in [4.69, 9.17) is 10.5 Å². The van der Waals surface area contributed by atoms with E-state index in [9.17, 15) is 0 Å². The van der Waals surface area contributed by atoms with Crippen molar-refractivity contribution < 1.29 is 0 Å². The van der Waals surface area contributed by atoms with Gasteiger partial charge >= 0.3 is 0 Å². The summed E-state index contributed by atoms with van der Waals surface area (Å²) in [5.74, 6) is 1.40. The molecule has 14 heavy (non-hydrogen) atoms. The lowest BCUT2D eigenvalue weighted by atomic mass is 10.4. The summed E-state index contributed by atoms with van der Waals surface area (Å²) < 4.78 is 0.745. The van der Waals surface area contributed by atoms with Crippen molar-refractivity contribution in [1.29, 1.82) is 10.5 Å². The molecule has 0 aromatic rings. The van der Waals surface area contributed by atoms with Gasteiger partial charge in [0.2, 0.25) is 0 Å². The van der Waals surface area contributed by atoms with Crippen molar-refractivity contribution in [3.63, 3.8) is 0 Å². The van der Waals surface area contributed by atoms with Gasteiger partial charge in [-0.25, -0.2) is 0 Å². The lowest BCUT2D eigenvalue weighted by Gasteiger charge is -2.02. The Bertz CT molecular complexity index is 288. The zero-order chi connectivity index (χ0) is 10.8. The molecule has 2 nitrogen and oxygen atoms in total. The fraction of sp³-hybridized carbons (Fsp3) is 0.200. The lowest BCUT2D eigenvalue weighted by molar-refractivity contribution is 1.46. The van der Waals surface area contributed by atoms with Crippen LogP contribution in [0.25, 0.3) is 0 Å². The molecular weight excluding hydrogens is 212 g/mol. The van der Waals surface area contributed by atoms with Crippen molar-refractivity contribution in [3.8, 4) is 12.1 Å². The van der Waals surface area contributed by atoms with E-state index in [2.05, 4.69) is 13.2 Å². The number of rotatable bonds is 6. The van der Waals surface area contributed by atoms with Crippen molar-refractivity contribution in [2.45, 2.75) is 0 Å². The van der Waals surface area contributed by atoms with Crippen molar-refractivity contribution in [1.82, 2.24) is 0 Å². The molecule has 0 aliphatic carbocycles. The van der Waals surface area contributed by atoms with Crippen molar-refractivity contribution in [3.05, 3.63) is 35.1 Å². The molecule has 0 rings (SSSR count). The standard InChI is InChI=1S/C10H10N2S2/c1-3-5-13-10(14-6-4-2)9(7-11)8-12/h3-4H,1-2,5-6H2. The maximum atomic E-state index is 8.69. The molecule has 0 aliphatic heterocycles. The van der Waals surface area contributed by atoms with Gasteiger partial charge in [-0.05, 0) is 0 Å². The highest BCUT2D eigenvalue weighted by atomic mass is 32.2.